The molecule has 0 spiro atoms. The Hall–Kier alpha value is -2.04. The topological polar surface area (TPSA) is 62.2 Å². The second-order valence-electron chi connectivity index (χ2n) is 4.50. The quantitative estimate of drug-likeness (QED) is 0.621. The number of rotatable bonds is 5. The standard InChI is InChI=1S/C13H18N4O/c1-9(2)13(18)14-6-4-5-11-8-15-12-7-10(3)16-17(11)12/h7-8,15H,1,4-6H2,2-3H3,(H,14,18). The van der Waals surface area contributed by atoms with E-state index in [1.54, 1.807) is 6.92 Å². The van der Waals surface area contributed by atoms with Crippen LogP contribution in [-0.4, -0.2) is 27.0 Å². The average Bonchev–Trinajstić information content (AvgIpc) is 2.84. The second kappa shape index (κ2) is 5.08. The van der Waals surface area contributed by atoms with E-state index in [1.165, 1.54) is 0 Å². The number of amides is 1. The smallest absolute Gasteiger partial charge is 0.246 e. The van der Waals surface area contributed by atoms with Crippen molar-refractivity contribution in [2.24, 2.45) is 0 Å². The van der Waals surface area contributed by atoms with Crippen LogP contribution in [0.5, 0.6) is 0 Å². The third-order valence-corrected chi connectivity index (χ3v) is 2.77. The fourth-order valence-electron chi connectivity index (χ4n) is 1.84. The van der Waals surface area contributed by atoms with Crippen molar-refractivity contribution >= 4 is 11.6 Å². The fourth-order valence-corrected chi connectivity index (χ4v) is 1.84. The van der Waals surface area contributed by atoms with Crippen molar-refractivity contribution in [3.63, 3.8) is 0 Å². The van der Waals surface area contributed by atoms with Gasteiger partial charge in [-0.2, -0.15) is 5.10 Å². The van der Waals surface area contributed by atoms with Crippen LogP contribution in [0.15, 0.2) is 24.4 Å². The van der Waals surface area contributed by atoms with Crippen LogP contribution in [0.3, 0.4) is 0 Å². The Morgan fingerprint density at radius 2 is 2.39 bits per heavy atom. The number of carbonyl (C=O) groups excluding carboxylic acids is 1. The number of aromatic nitrogens is 3. The summed E-state index contributed by atoms with van der Waals surface area (Å²) in [6, 6.07) is 2.01. The molecule has 96 valence electrons. The molecule has 1 amide bonds. The molecule has 2 aromatic rings. The highest BCUT2D eigenvalue weighted by molar-refractivity contribution is 5.91. The van der Waals surface area contributed by atoms with Gasteiger partial charge in [0.1, 0.15) is 5.65 Å². The van der Waals surface area contributed by atoms with E-state index in [1.807, 2.05) is 23.7 Å². The molecule has 0 radical (unpaired) electrons. The highest BCUT2D eigenvalue weighted by Crippen LogP contribution is 2.09. The Morgan fingerprint density at radius 3 is 3.11 bits per heavy atom. The van der Waals surface area contributed by atoms with Crippen LogP contribution in [0.4, 0.5) is 0 Å². The minimum Gasteiger partial charge on any atom is -0.352 e. The van der Waals surface area contributed by atoms with Gasteiger partial charge in [0, 0.05) is 24.4 Å². The SMILES string of the molecule is C=C(C)C(=O)NCCCc1c[nH]c2cc(C)nn12. The number of aryl methyl sites for hydroxylation is 2. The van der Waals surface area contributed by atoms with Crippen LogP contribution in [0, 0.1) is 6.92 Å². The van der Waals surface area contributed by atoms with Crippen LogP contribution in [0.1, 0.15) is 24.7 Å². The molecule has 0 aliphatic heterocycles. The predicted octanol–water partition coefficient (Wildman–Crippen LogP) is 1.60. The summed E-state index contributed by atoms with van der Waals surface area (Å²) in [5, 5.41) is 7.22. The van der Waals surface area contributed by atoms with Gasteiger partial charge in [0.25, 0.3) is 0 Å². The van der Waals surface area contributed by atoms with Crippen molar-refractivity contribution in [1.82, 2.24) is 19.9 Å². The van der Waals surface area contributed by atoms with E-state index in [4.69, 9.17) is 0 Å². The number of carbonyl (C=O) groups is 1. The zero-order chi connectivity index (χ0) is 13.1. The van der Waals surface area contributed by atoms with Crippen LogP contribution in [-0.2, 0) is 11.2 Å². The van der Waals surface area contributed by atoms with Gasteiger partial charge in [-0.05, 0) is 26.7 Å². The van der Waals surface area contributed by atoms with E-state index in [0.29, 0.717) is 12.1 Å². The number of nitrogens with one attached hydrogen (secondary N) is 2. The minimum absolute atomic E-state index is 0.0795. The van der Waals surface area contributed by atoms with Gasteiger partial charge in [0.05, 0.1) is 11.4 Å². The summed E-state index contributed by atoms with van der Waals surface area (Å²) < 4.78 is 1.91. The Kier molecular flexibility index (Phi) is 3.50. The molecule has 0 fully saturated rings. The molecule has 0 bridgehead atoms. The molecule has 18 heavy (non-hydrogen) atoms. The van der Waals surface area contributed by atoms with Gasteiger partial charge < -0.3 is 10.3 Å². The maximum atomic E-state index is 11.3. The maximum absolute atomic E-state index is 11.3. The first kappa shape index (κ1) is 12.4. The molecular formula is C13H18N4O. The first-order valence-corrected chi connectivity index (χ1v) is 6.04. The van der Waals surface area contributed by atoms with E-state index in [9.17, 15) is 4.79 Å². The van der Waals surface area contributed by atoms with Gasteiger partial charge in [-0.1, -0.05) is 6.58 Å². The lowest BCUT2D eigenvalue weighted by Crippen LogP contribution is -2.25. The molecule has 2 rings (SSSR count). The number of hydrogen-bond acceptors (Lipinski definition) is 2. The summed E-state index contributed by atoms with van der Waals surface area (Å²) in [4.78, 5) is 14.5. The lowest BCUT2D eigenvalue weighted by molar-refractivity contribution is -0.117. The summed E-state index contributed by atoms with van der Waals surface area (Å²) in [6.07, 6.45) is 3.71. The van der Waals surface area contributed by atoms with Crippen LogP contribution in [0.25, 0.3) is 5.65 Å². The fraction of sp³-hybridized carbons (Fsp3) is 0.385. The summed E-state index contributed by atoms with van der Waals surface area (Å²) in [7, 11) is 0. The molecule has 0 aliphatic carbocycles. The van der Waals surface area contributed by atoms with Crippen molar-refractivity contribution in [2.45, 2.75) is 26.7 Å². The molecule has 0 atom stereocenters. The van der Waals surface area contributed by atoms with Crippen molar-refractivity contribution in [3.8, 4) is 0 Å². The lowest BCUT2D eigenvalue weighted by Gasteiger charge is -2.03. The van der Waals surface area contributed by atoms with E-state index >= 15 is 0 Å². The Labute approximate surface area is 106 Å². The van der Waals surface area contributed by atoms with Crippen molar-refractivity contribution < 1.29 is 4.79 Å². The zero-order valence-electron chi connectivity index (χ0n) is 10.8. The van der Waals surface area contributed by atoms with Gasteiger partial charge in [-0.15, -0.1) is 0 Å². The Morgan fingerprint density at radius 1 is 1.61 bits per heavy atom. The molecule has 2 aromatic heterocycles. The van der Waals surface area contributed by atoms with E-state index in [0.717, 1.165) is 29.9 Å². The van der Waals surface area contributed by atoms with Gasteiger partial charge in [-0.3, -0.25) is 4.79 Å². The number of H-pyrrole nitrogens is 1. The molecule has 0 saturated heterocycles. The van der Waals surface area contributed by atoms with Gasteiger partial charge in [-0.25, -0.2) is 4.52 Å². The van der Waals surface area contributed by atoms with Gasteiger partial charge in [0.15, 0.2) is 0 Å². The molecule has 5 heteroatoms. The van der Waals surface area contributed by atoms with Crippen molar-refractivity contribution in [1.29, 1.82) is 0 Å². The molecule has 0 aliphatic rings. The lowest BCUT2D eigenvalue weighted by atomic mass is 10.2. The molecule has 0 saturated carbocycles. The predicted molar refractivity (Wildman–Crippen MR) is 70.4 cm³/mol. The summed E-state index contributed by atoms with van der Waals surface area (Å²) >= 11 is 0. The van der Waals surface area contributed by atoms with E-state index in [-0.39, 0.29) is 5.91 Å². The van der Waals surface area contributed by atoms with Crippen LogP contribution >= 0.6 is 0 Å². The number of fused-ring (bicyclic) bond motifs is 1. The maximum Gasteiger partial charge on any atom is 0.246 e. The Bertz CT molecular complexity index is 579. The first-order valence-electron chi connectivity index (χ1n) is 6.04. The second-order valence-corrected chi connectivity index (χ2v) is 4.50. The molecule has 2 N–H and O–H groups in total. The Balaban J connectivity index is 1.87. The normalized spacial score (nSPS) is 10.8. The highest BCUT2D eigenvalue weighted by atomic mass is 16.1. The zero-order valence-corrected chi connectivity index (χ0v) is 10.8. The average molecular weight is 246 g/mol. The summed E-state index contributed by atoms with van der Waals surface area (Å²) in [5.41, 5.74) is 3.68. The van der Waals surface area contributed by atoms with Crippen LogP contribution < -0.4 is 5.32 Å². The third-order valence-electron chi connectivity index (χ3n) is 2.77. The highest BCUT2D eigenvalue weighted by Gasteiger charge is 2.06. The summed E-state index contributed by atoms with van der Waals surface area (Å²) in [6.45, 7) is 7.92. The third kappa shape index (κ3) is 2.61. The number of hydrogen-bond donors (Lipinski definition) is 2. The number of aromatic amines is 1. The number of imidazole rings is 1. The monoisotopic (exact) mass is 246 g/mol. The first-order chi connectivity index (χ1) is 8.58. The molecule has 0 unspecified atom stereocenters. The number of nitrogens with zero attached hydrogens (tertiary/aromatic N) is 2. The van der Waals surface area contributed by atoms with Crippen LogP contribution in [0.2, 0.25) is 0 Å². The molecule has 5 nitrogen and oxygen atoms in total. The molecule has 2 heterocycles. The van der Waals surface area contributed by atoms with Crippen molar-refractivity contribution in [3.05, 3.63) is 35.8 Å². The minimum atomic E-state index is -0.0795. The summed E-state index contributed by atoms with van der Waals surface area (Å²) in [5.74, 6) is -0.0795. The molecular weight excluding hydrogens is 228 g/mol. The molecule has 0 aromatic carbocycles. The van der Waals surface area contributed by atoms with Crippen molar-refractivity contribution in [2.75, 3.05) is 6.54 Å². The van der Waals surface area contributed by atoms with Gasteiger partial charge >= 0.3 is 0 Å². The largest absolute Gasteiger partial charge is 0.352 e. The van der Waals surface area contributed by atoms with Gasteiger partial charge in [0.2, 0.25) is 5.91 Å². The van der Waals surface area contributed by atoms with E-state index < -0.39 is 0 Å². The van der Waals surface area contributed by atoms with E-state index in [2.05, 4.69) is 22.0 Å².